The Kier molecular flexibility index (Phi) is 3.59. The van der Waals surface area contributed by atoms with Crippen LogP contribution in [0.15, 0.2) is 24.3 Å². The van der Waals surface area contributed by atoms with E-state index in [9.17, 15) is 0 Å². The molecule has 0 saturated carbocycles. The first-order chi connectivity index (χ1) is 9.16. The molecule has 2 rings (SSSR count). The van der Waals surface area contributed by atoms with Crippen LogP contribution in [0, 0.1) is 5.41 Å². The van der Waals surface area contributed by atoms with Gasteiger partial charge in [-0.3, -0.25) is 0 Å². The van der Waals surface area contributed by atoms with Gasteiger partial charge in [0, 0.05) is 5.54 Å². The standard InChI is InChI=1S/C16H24N4/c1-15(2,3)10-16(4,5)20-14-13(17)18-11-8-6-7-9-12(11)19-14/h6-9H,10H2,1-5H3,(H2,17,18)(H,19,20). The van der Waals surface area contributed by atoms with Crippen LogP contribution in [0.5, 0.6) is 0 Å². The summed E-state index contributed by atoms with van der Waals surface area (Å²) >= 11 is 0. The van der Waals surface area contributed by atoms with E-state index in [4.69, 9.17) is 5.73 Å². The molecule has 20 heavy (non-hydrogen) atoms. The lowest BCUT2D eigenvalue weighted by Gasteiger charge is -2.34. The molecule has 0 spiro atoms. The molecule has 1 aromatic carbocycles. The number of aromatic nitrogens is 2. The summed E-state index contributed by atoms with van der Waals surface area (Å²) in [5.41, 5.74) is 7.84. The second-order valence-electron chi connectivity index (χ2n) is 7.19. The van der Waals surface area contributed by atoms with Gasteiger partial charge >= 0.3 is 0 Å². The van der Waals surface area contributed by atoms with Crippen molar-refractivity contribution in [2.24, 2.45) is 5.41 Å². The Morgan fingerprint density at radius 3 is 2.10 bits per heavy atom. The van der Waals surface area contributed by atoms with Gasteiger partial charge in [-0.2, -0.15) is 0 Å². The summed E-state index contributed by atoms with van der Waals surface area (Å²) in [5.74, 6) is 1.11. The molecule has 0 aliphatic rings. The van der Waals surface area contributed by atoms with Gasteiger partial charge < -0.3 is 11.1 Å². The molecule has 4 nitrogen and oxygen atoms in total. The van der Waals surface area contributed by atoms with Crippen molar-refractivity contribution in [3.05, 3.63) is 24.3 Å². The van der Waals surface area contributed by atoms with Gasteiger partial charge in [0.2, 0.25) is 0 Å². The molecule has 4 heteroatoms. The molecule has 0 aliphatic heterocycles. The Morgan fingerprint density at radius 1 is 1.00 bits per heavy atom. The van der Waals surface area contributed by atoms with E-state index in [1.165, 1.54) is 0 Å². The molecular formula is C16H24N4. The average molecular weight is 272 g/mol. The van der Waals surface area contributed by atoms with E-state index in [1.807, 2.05) is 24.3 Å². The molecule has 108 valence electrons. The zero-order valence-corrected chi connectivity index (χ0v) is 13.0. The van der Waals surface area contributed by atoms with Crippen molar-refractivity contribution in [2.45, 2.75) is 46.6 Å². The number of nitrogens with zero attached hydrogens (tertiary/aromatic N) is 2. The predicted molar refractivity (Wildman–Crippen MR) is 85.7 cm³/mol. The van der Waals surface area contributed by atoms with Gasteiger partial charge in [0.05, 0.1) is 11.0 Å². The first-order valence-electron chi connectivity index (χ1n) is 6.97. The number of hydrogen-bond acceptors (Lipinski definition) is 4. The van der Waals surface area contributed by atoms with Crippen LogP contribution < -0.4 is 11.1 Å². The van der Waals surface area contributed by atoms with E-state index in [0.29, 0.717) is 11.6 Å². The maximum atomic E-state index is 6.02. The van der Waals surface area contributed by atoms with E-state index < -0.39 is 0 Å². The maximum absolute atomic E-state index is 6.02. The fraction of sp³-hybridized carbons (Fsp3) is 0.500. The Labute approximate surface area is 120 Å². The maximum Gasteiger partial charge on any atom is 0.169 e. The molecule has 0 amide bonds. The quantitative estimate of drug-likeness (QED) is 0.891. The van der Waals surface area contributed by atoms with Crippen molar-refractivity contribution >= 4 is 22.7 Å². The minimum Gasteiger partial charge on any atom is -0.381 e. The van der Waals surface area contributed by atoms with Crippen molar-refractivity contribution in [2.75, 3.05) is 11.1 Å². The number of benzene rings is 1. The van der Waals surface area contributed by atoms with E-state index in [0.717, 1.165) is 17.5 Å². The molecule has 3 N–H and O–H groups in total. The predicted octanol–water partition coefficient (Wildman–Crippen LogP) is 3.84. The average Bonchev–Trinajstić information content (AvgIpc) is 2.26. The van der Waals surface area contributed by atoms with Crippen LogP contribution in [0.3, 0.4) is 0 Å². The number of nitrogens with two attached hydrogens (primary N) is 1. The first-order valence-corrected chi connectivity index (χ1v) is 6.97. The van der Waals surface area contributed by atoms with Gasteiger partial charge in [-0.25, -0.2) is 9.97 Å². The van der Waals surface area contributed by atoms with Gasteiger partial charge in [0.25, 0.3) is 0 Å². The minimum absolute atomic E-state index is 0.0937. The third-order valence-electron chi connectivity index (χ3n) is 3.03. The highest BCUT2D eigenvalue weighted by molar-refractivity contribution is 5.79. The van der Waals surface area contributed by atoms with Crippen LogP contribution in [0.1, 0.15) is 41.0 Å². The number of rotatable bonds is 3. The highest BCUT2D eigenvalue weighted by atomic mass is 15.1. The van der Waals surface area contributed by atoms with Crippen LogP contribution in [0.25, 0.3) is 11.0 Å². The fourth-order valence-corrected chi connectivity index (χ4v) is 2.80. The molecule has 0 radical (unpaired) electrons. The monoisotopic (exact) mass is 272 g/mol. The van der Waals surface area contributed by atoms with Gasteiger partial charge in [0.1, 0.15) is 0 Å². The van der Waals surface area contributed by atoms with Crippen molar-refractivity contribution in [3.63, 3.8) is 0 Å². The molecule has 0 unspecified atom stereocenters. The molecule has 0 fully saturated rings. The summed E-state index contributed by atoms with van der Waals surface area (Å²) in [6.45, 7) is 11.0. The Morgan fingerprint density at radius 2 is 1.55 bits per heavy atom. The molecule has 0 bridgehead atoms. The molecule has 1 heterocycles. The van der Waals surface area contributed by atoms with Crippen molar-refractivity contribution < 1.29 is 0 Å². The molecule has 2 aromatic rings. The lowest BCUT2D eigenvalue weighted by Crippen LogP contribution is -2.36. The van der Waals surface area contributed by atoms with E-state index in [-0.39, 0.29) is 11.0 Å². The van der Waals surface area contributed by atoms with Gasteiger partial charge in [-0.15, -0.1) is 0 Å². The van der Waals surface area contributed by atoms with Gasteiger partial charge in [-0.1, -0.05) is 32.9 Å². The highest BCUT2D eigenvalue weighted by Gasteiger charge is 2.26. The lowest BCUT2D eigenvalue weighted by molar-refractivity contribution is 0.302. The zero-order valence-electron chi connectivity index (χ0n) is 13.0. The number of nitrogens with one attached hydrogen (secondary N) is 1. The smallest absolute Gasteiger partial charge is 0.169 e. The molecular weight excluding hydrogens is 248 g/mol. The topological polar surface area (TPSA) is 63.8 Å². The Balaban J connectivity index is 2.31. The SMILES string of the molecule is CC(C)(C)CC(C)(C)Nc1nc2ccccc2nc1N. The number of fused-ring (bicyclic) bond motifs is 1. The third-order valence-corrected chi connectivity index (χ3v) is 3.03. The van der Waals surface area contributed by atoms with E-state index in [2.05, 4.69) is 49.9 Å². The van der Waals surface area contributed by atoms with Crippen LogP contribution in [0.2, 0.25) is 0 Å². The normalized spacial score (nSPS) is 12.7. The summed E-state index contributed by atoms with van der Waals surface area (Å²) in [4.78, 5) is 9.00. The van der Waals surface area contributed by atoms with Crippen LogP contribution in [-0.4, -0.2) is 15.5 Å². The first kappa shape index (κ1) is 14.6. The Bertz CT molecular complexity index is 611. The van der Waals surface area contributed by atoms with E-state index >= 15 is 0 Å². The summed E-state index contributed by atoms with van der Waals surface area (Å²) in [7, 11) is 0. The molecule has 0 aliphatic carbocycles. The zero-order chi connectivity index (χ0) is 15.0. The lowest BCUT2D eigenvalue weighted by atomic mass is 9.82. The van der Waals surface area contributed by atoms with Gasteiger partial charge in [-0.05, 0) is 37.8 Å². The minimum atomic E-state index is -0.0937. The Hall–Kier alpha value is -1.84. The molecule has 0 saturated heterocycles. The summed E-state index contributed by atoms with van der Waals surface area (Å²) in [6, 6.07) is 7.76. The summed E-state index contributed by atoms with van der Waals surface area (Å²) < 4.78 is 0. The fourth-order valence-electron chi connectivity index (χ4n) is 2.80. The van der Waals surface area contributed by atoms with Crippen molar-refractivity contribution in [1.82, 2.24) is 9.97 Å². The van der Waals surface area contributed by atoms with Crippen molar-refractivity contribution in [1.29, 1.82) is 0 Å². The van der Waals surface area contributed by atoms with E-state index in [1.54, 1.807) is 0 Å². The van der Waals surface area contributed by atoms with Crippen LogP contribution in [-0.2, 0) is 0 Å². The number of anilines is 2. The van der Waals surface area contributed by atoms with Gasteiger partial charge in [0.15, 0.2) is 11.6 Å². The van der Waals surface area contributed by atoms with Crippen LogP contribution in [0.4, 0.5) is 11.6 Å². The second kappa shape index (κ2) is 4.93. The van der Waals surface area contributed by atoms with Crippen LogP contribution >= 0.6 is 0 Å². The largest absolute Gasteiger partial charge is 0.381 e. The second-order valence-corrected chi connectivity index (χ2v) is 7.19. The third kappa shape index (κ3) is 3.59. The summed E-state index contributed by atoms with van der Waals surface area (Å²) in [6.07, 6.45) is 1.01. The molecule has 0 atom stereocenters. The number of para-hydroxylation sites is 2. The number of hydrogen-bond donors (Lipinski definition) is 2. The molecule has 1 aromatic heterocycles. The summed E-state index contributed by atoms with van der Waals surface area (Å²) in [5, 5.41) is 3.44. The van der Waals surface area contributed by atoms with Crippen molar-refractivity contribution in [3.8, 4) is 0 Å². The highest BCUT2D eigenvalue weighted by Crippen LogP contribution is 2.30. The number of nitrogen functional groups attached to an aromatic ring is 1.